The second-order valence-corrected chi connectivity index (χ2v) is 6.95. The van der Waals surface area contributed by atoms with E-state index in [1.165, 1.54) is 0 Å². The third-order valence-corrected chi connectivity index (χ3v) is 4.65. The fraction of sp³-hybridized carbons (Fsp3) is 0.474. The molecule has 1 fully saturated rings. The number of carbonyl (C=O) groups is 1. The van der Waals surface area contributed by atoms with Gasteiger partial charge in [-0.3, -0.25) is 9.48 Å². The van der Waals surface area contributed by atoms with Crippen molar-refractivity contribution in [3.8, 4) is 11.3 Å². The molecule has 1 aliphatic carbocycles. The summed E-state index contributed by atoms with van der Waals surface area (Å²) in [6.45, 7) is 4.17. The van der Waals surface area contributed by atoms with Gasteiger partial charge in [0.25, 0.3) is 0 Å². The van der Waals surface area contributed by atoms with E-state index in [4.69, 9.17) is 0 Å². The van der Waals surface area contributed by atoms with Crippen LogP contribution in [0.1, 0.15) is 39.5 Å². The molecule has 2 aromatic rings. The van der Waals surface area contributed by atoms with Crippen LogP contribution in [-0.2, 0) is 11.8 Å². The zero-order chi connectivity index (χ0) is 17.2. The average Bonchev–Trinajstić information content (AvgIpc) is 3.15. The number of rotatable bonds is 5. The minimum Gasteiger partial charge on any atom is -0.308 e. The lowest BCUT2D eigenvalue weighted by molar-refractivity contribution is -0.122. The Morgan fingerprint density at radius 2 is 1.88 bits per heavy atom. The predicted octanol–water partition coefficient (Wildman–Crippen LogP) is 3.34. The summed E-state index contributed by atoms with van der Waals surface area (Å²) in [5.74, 6) is 0.643. The van der Waals surface area contributed by atoms with Crippen LogP contribution in [0.15, 0.2) is 36.4 Å². The summed E-state index contributed by atoms with van der Waals surface area (Å²) in [6.07, 6.45) is 3.94. The summed E-state index contributed by atoms with van der Waals surface area (Å²) in [5.41, 5.74) is 1.62. The number of benzene rings is 1. The lowest BCUT2D eigenvalue weighted by Crippen LogP contribution is -2.55. The normalized spacial score (nSPS) is 16.5. The van der Waals surface area contributed by atoms with Crippen LogP contribution in [-0.4, -0.2) is 27.3 Å². The van der Waals surface area contributed by atoms with Gasteiger partial charge in [-0.15, -0.1) is 0 Å². The summed E-state index contributed by atoms with van der Waals surface area (Å²) < 4.78 is 1.81. The van der Waals surface area contributed by atoms with Gasteiger partial charge in [-0.2, -0.15) is 5.10 Å². The van der Waals surface area contributed by atoms with Crippen molar-refractivity contribution in [2.45, 2.75) is 51.1 Å². The fourth-order valence-corrected chi connectivity index (χ4v) is 3.61. The molecule has 1 aromatic carbocycles. The maximum Gasteiger partial charge on any atom is 0.245 e. The Hall–Kier alpha value is -2.14. The maximum atomic E-state index is 12.9. The highest BCUT2D eigenvalue weighted by atomic mass is 16.2. The van der Waals surface area contributed by atoms with Gasteiger partial charge in [0.15, 0.2) is 5.82 Å². The van der Waals surface area contributed by atoms with Crippen LogP contribution in [0.2, 0.25) is 0 Å². The molecule has 1 aliphatic rings. The summed E-state index contributed by atoms with van der Waals surface area (Å²) in [6, 6.07) is 12.3. The number of nitrogens with zero attached hydrogens (tertiary/aromatic N) is 2. The van der Waals surface area contributed by atoms with Gasteiger partial charge < -0.3 is 10.6 Å². The topological polar surface area (TPSA) is 59.0 Å². The Balaban J connectivity index is 1.80. The third-order valence-electron chi connectivity index (χ3n) is 4.65. The van der Waals surface area contributed by atoms with E-state index in [2.05, 4.69) is 29.6 Å². The lowest BCUT2D eigenvalue weighted by atomic mass is 9.95. The SMILES string of the molecule is CC(C)NC1(C(=O)Nc2cc(-c3ccccc3)n(C)n2)CCCC1. The Bertz CT molecular complexity index is 699. The molecular weight excluding hydrogens is 300 g/mol. The zero-order valence-electron chi connectivity index (χ0n) is 14.7. The molecule has 0 radical (unpaired) electrons. The molecule has 5 heteroatoms. The Morgan fingerprint density at radius 1 is 1.21 bits per heavy atom. The number of hydrogen-bond donors (Lipinski definition) is 2. The number of anilines is 1. The summed E-state index contributed by atoms with van der Waals surface area (Å²) in [7, 11) is 1.90. The van der Waals surface area contributed by atoms with Crippen LogP contribution >= 0.6 is 0 Å². The second kappa shape index (κ2) is 6.77. The minimum absolute atomic E-state index is 0.0337. The molecule has 1 heterocycles. The molecule has 128 valence electrons. The summed E-state index contributed by atoms with van der Waals surface area (Å²) in [4.78, 5) is 12.9. The van der Waals surface area contributed by atoms with Crippen LogP contribution in [0.5, 0.6) is 0 Å². The average molecular weight is 326 g/mol. The molecule has 3 rings (SSSR count). The quantitative estimate of drug-likeness (QED) is 0.886. The second-order valence-electron chi connectivity index (χ2n) is 6.95. The van der Waals surface area contributed by atoms with E-state index in [-0.39, 0.29) is 11.9 Å². The van der Waals surface area contributed by atoms with Crippen LogP contribution in [0, 0.1) is 0 Å². The molecule has 0 aliphatic heterocycles. The molecule has 0 spiro atoms. The first kappa shape index (κ1) is 16.7. The predicted molar refractivity (Wildman–Crippen MR) is 96.7 cm³/mol. The van der Waals surface area contributed by atoms with Crippen molar-refractivity contribution in [3.05, 3.63) is 36.4 Å². The first-order valence-electron chi connectivity index (χ1n) is 8.69. The first-order chi connectivity index (χ1) is 11.5. The largest absolute Gasteiger partial charge is 0.308 e. The van der Waals surface area contributed by atoms with E-state index in [1.54, 1.807) is 0 Å². The molecule has 1 saturated carbocycles. The number of amides is 1. The van der Waals surface area contributed by atoms with Crippen molar-refractivity contribution in [1.82, 2.24) is 15.1 Å². The molecule has 0 bridgehead atoms. The zero-order valence-corrected chi connectivity index (χ0v) is 14.7. The van der Waals surface area contributed by atoms with Gasteiger partial charge in [0.2, 0.25) is 5.91 Å². The number of nitrogens with one attached hydrogen (secondary N) is 2. The van der Waals surface area contributed by atoms with Crippen LogP contribution < -0.4 is 10.6 Å². The van der Waals surface area contributed by atoms with E-state index >= 15 is 0 Å². The lowest BCUT2D eigenvalue weighted by Gasteiger charge is -2.30. The molecular formula is C19H26N4O. The van der Waals surface area contributed by atoms with Crippen molar-refractivity contribution in [1.29, 1.82) is 0 Å². The van der Waals surface area contributed by atoms with Gasteiger partial charge in [-0.1, -0.05) is 43.2 Å². The smallest absolute Gasteiger partial charge is 0.245 e. The van der Waals surface area contributed by atoms with Crippen molar-refractivity contribution in [3.63, 3.8) is 0 Å². The molecule has 0 unspecified atom stereocenters. The van der Waals surface area contributed by atoms with Crippen molar-refractivity contribution >= 4 is 11.7 Å². The maximum absolute atomic E-state index is 12.9. The van der Waals surface area contributed by atoms with Crippen LogP contribution in [0.4, 0.5) is 5.82 Å². The van der Waals surface area contributed by atoms with Crippen molar-refractivity contribution in [2.24, 2.45) is 7.05 Å². The van der Waals surface area contributed by atoms with Crippen LogP contribution in [0.25, 0.3) is 11.3 Å². The van der Waals surface area contributed by atoms with E-state index in [9.17, 15) is 4.79 Å². The number of hydrogen-bond acceptors (Lipinski definition) is 3. The number of carbonyl (C=O) groups excluding carboxylic acids is 1. The standard InChI is InChI=1S/C19H26N4O/c1-14(2)21-19(11-7-8-12-19)18(24)20-17-13-16(23(3)22-17)15-9-5-4-6-10-15/h4-6,9-10,13-14,21H,7-8,11-12H2,1-3H3,(H,20,22,24). The fourth-order valence-electron chi connectivity index (χ4n) is 3.61. The van der Waals surface area contributed by atoms with Gasteiger partial charge in [-0.05, 0) is 32.3 Å². The molecule has 5 nitrogen and oxygen atoms in total. The molecule has 0 atom stereocenters. The Kier molecular flexibility index (Phi) is 4.71. The van der Waals surface area contributed by atoms with Gasteiger partial charge in [-0.25, -0.2) is 0 Å². The molecule has 1 aromatic heterocycles. The first-order valence-corrected chi connectivity index (χ1v) is 8.69. The van der Waals surface area contributed by atoms with Crippen molar-refractivity contribution < 1.29 is 4.79 Å². The minimum atomic E-state index is -0.460. The number of aromatic nitrogens is 2. The molecule has 0 saturated heterocycles. The molecule has 1 amide bonds. The summed E-state index contributed by atoms with van der Waals surface area (Å²) >= 11 is 0. The Morgan fingerprint density at radius 3 is 2.50 bits per heavy atom. The highest BCUT2D eigenvalue weighted by Crippen LogP contribution is 2.32. The summed E-state index contributed by atoms with van der Waals surface area (Å²) in [5, 5.41) is 11.0. The highest BCUT2D eigenvalue weighted by molar-refractivity contribution is 5.98. The molecule has 24 heavy (non-hydrogen) atoms. The van der Waals surface area contributed by atoms with Gasteiger partial charge in [0.1, 0.15) is 0 Å². The Labute approximate surface area is 143 Å². The van der Waals surface area contributed by atoms with Crippen molar-refractivity contribution in [2.75, 3.05) is 5.32 Å². The van der Waals surface area contributed by atoms with Gasteiger partial charge in [0.05, 0.1) is 11.2 Å². The van der Waals surface area contributed by atoms with Gasteiger partial charge >= 0.3 is 0 Å². The molecule has 2 N–H and O–H groups in total. The highest BCUT2D eigenvalue weighted by Gasteiger charge is 2.41. The van der Waals surface area contributed by atoms with E-state index in [1.807, 2.05) is 48.1 Å². The van der Waals surface area contributed by atoms with E-state index < -0.39 is 5.54 Å². The third kappa shape index (κ3) is 3.36. The van der Waals surface area contributed by atoms with E-state index in [0.29, 0.717) is 5.82 Å². The number of aryl methyl sites for hydroxylation is 1. The monoisotopic (exact) mass is 326 g/mol. The van der Waals surface area contributed by atoms with E-state index in [0.717, 1.165) is 36.9 Å². The van der Waals surface area contributed by atoms with Crippen LogP contribution in [0.3, 0.4) is 0 Å². The van der Waals surface area contributed by atoms with Gasteiger partial charge in [0, 0.05) is 19.2 Å².